The van der Waals surface area contributed by atoms with Gasteiger partial charge in [0.25, 0.3) is 0 Å². The van der Waals surface area contributed by atoms with Crippen LogP contribution in [0.1, 0.15) is 79.2 Å². The SMILES string of the molecule is CO[C@H]1C[C@@H](CCO[Si](C)(C)C(C)(C)C)O[C@@]2(C1)C[C@@H](O[Si](C)(C)C(C)(C)C)C[C@H](COCc1ccccc1)O2. The minimum Gasteiger partial charge on any atom is -0.417 e. The third-order valence-corrected chi connectivity index (χ3v) is 18.7. The second kappa shape index (κ2) is 13.4. The van der Waals surface area contributed by atoms with Crippen LogP contribution in [0.2, 0.25) is 36.3 Å². The molecule has 3 rings (SSSR count). The summed E-state index contributed by atoms with van der Waals surface area (Å²) in [7, 11) is -2.00. The fraction of sp³-hybridized carbons (Fsp3) is 0.812. The molecule has 0 aliphatic carbocycles. The van der Waals surface area contributed by atoms with Gasteiger partial charge in [-0.2, -0.15) is 0 Å². The van der Waals surface area contributed by atoms with E-state index < -0.39 is 22.4 Å². The van der Waals surface area contributed by atoms with Crippen LogP contribution in [0.5, 0.6) is 0 Å². The van der Waals surface area contributed by atoms with Gasteiger partial charge in [0.05, 0.1) is 37.6 Å². The van der Waals surface area contributed by atoms with E-state index in [2.05, 4.69) is 79.9 Å². The Kier molecular flexibility index (Phi) is 11.3. The van der Waals surface area contributed by atoms with E-state index in [0.717, 1.165) is 24.8 Å². The van der Waals surface area contributed by atoms with Crippen LogP contribution in [-0.4, -0.2) is 67.2 Å². The lowest BCUT2D eigenvalue weighted by Crippen LogP contribution is -2.58. The Bertz CT molecular complexity index is 910. The van der Waals surface area contributed by atoms with Crippen LogP contribution < -0.4 is 0 Å². The summed E-state index contributed by atoms with van der Waals surface area (Å²) in [6.45, 7) is 24.8. The number of hydrogen-bond acceptors (Lipinski definition) is 6. The van der Waals surface area contributed by atoms with E-state index in [9.17, 15) is 0 Å². The monoisotopic (exact) mass is 594 g/mol. The summed E-state index contributed by atoms with van der Waals surface area (Å²) in [5.41, 5.74) is 1.16. The minimum atomic E-state index is -1.99. The molecular weight excluding hydrogens is 537 g/mol. The summed E-state index contributed by atoms with van der Waals surface area (Å²) in [6, 6.07) is 10.3. The van der Waals surface area contributed by atoms with E-state index in [1.165, 1.54) is 0 Å². The standard InChI is InChI=1S/C32H58O6Si2/c1-30(2,3)39(8,9)35-18-17-26-19-27(33-7)21-32(36-26)22-28(38-40(10,11)31(4,5)6)20-29(37-32)24-34-23-25-15-13-12-14-16-25/h12-16,26-29H,17-24H2,1-11H3/t26-,27+,28+,29-,32-/m1/s1. The first-order chi connectivity index (χ1) is 18.5. The maximum absolute atomic E-state index is 7.00. The molecule has 1 aromatic carbocycles. The third kappa shape index (κ3) is 9.20. The number of rotatable bonds is 11. The zero-order chi connectivity index (χ0) is 29.8. The lowest BCUT2D eigenvalue weighted by Gasteiger charge is -2.51. The quantitative estimate of drug-likeness (QED) is 0.242. The number of hydrogen-bond donors (Lipinski definition) is 0. The van der Waals surface area contributed by atoms with E-state index in [1.807, 2.05) is 18.2 Å². The van der Waals surface area contributed by atoms with Crippen molar-refractivity contribution in [2.45, 2.75) is 147 Å². The fourth-order valence-corrected chi connectivity index (χ4v) is 7.57. The van der Waals surface area contributed by atoms with Crippen LogP contribution in [0.15, 0.2) is 30.3 Å². The van der Waals surface area contributed by atoms with Crippen LogP contribution in [0.3, 0.4) is 0 Å². The van der Waals surface area contributed by atoms with Crippen molar-refractivity contribution in [3.8, 4) is 0 Å². The van der Waals surface area contributed by atoms with Gasteiger partial charge in [-0.1, -0.05) is 71.9 Å². The van der Waals surface area contributed by atoms with E-state index in [1.54, 1.807) is 7.11 Å². The molecule has 6 nitrogen and oxygen atoms in total. The minimum absolute atomic E-state index is 0.0148. The molecule has 1 aromatic rings. The van der Waals surface area contributed by atoms with Crippen molar-refractivity contribution in [1.29, 1.82) is 0 Å². The Morgan fingerprint density at radius 2 is 1.40 bits per heavy atom. The normalized spacial score (nSPS) is 28.7. The number of ether oxygens (including phenoxy) is 4. The van der Waals surface area contributed by atoms with Crippen molar-refractivity contribution in [3.05, 3.63) is 35.9 Å². The van der Waals surface area contributed by atoms with Crippen LogP contribution in [-0.2, 0) is 34.4 Å². The molecule has 2 saturated heterocycles. The highest BCUT2D eigenvalue weighted by molar-refractivity contribution is 6.74. The van der Waals surface area contributed by atoms with Crippen LogP contribution >= 0.6 is 0 Å². The zero-order valence-electron chi connectivity index (χ0n) is 27.3. The molecule has 0 radical (unpaired) electrons. The van der Waals surface area contributed by atoms with Gasteiger partial charge in [0, 0.05) is 39.4 Å². The molecule has 1 spiro atoms. The van der Waals surface area contributed by atoms with Crippen molar-refractivity contribution in [3.63, 3.8) is 0 Å². The van der Waals surface area contributed by atoms with Gasteiger partial charge in [-0.15, -0.1) is 0 Å². The zero-order valence-corrected chi connectivity index (χ0v) is 29.3. The molecule has 0 bridgehead atoms. The third-order valence-electron chi connectivity index (χ3n) is 9.62. The number of methoxy groups -OCH3 is 1. The lowest BCUT2D eigenvalue weighted by atomic mass is 9.89. The molecule has 230 valence electrons. The van der Waals surface area contributed by atoms with E-state index in [-0.39, 0.29) is 34.5 Å². The molecule has 2 aliphatic heterocycles. The van der Waals surface area contributed by atoms with E-state index in [0.29, 0.717) is 32.7 Å². The number of benzene rings is 1. The highest BCUT2D eigenvalue weighted by Gasteiger charge is 2.51. The average Bonchev–Trinajstić information content (AvgIpc) is 2.82. The highest BCUT2D eigenvalue weighted by Crippen LogP contribution is 2.45. The van der Waals surface area contributed by atoms with Crippen LogP contribution in [0.4, 0.5) is 0 Å². The largest absolute Gasteiger partial charge is 0.417 e. The maximum Gasteiger partial charge on any atom is 0.192 e. The van der Waals surface area contributed by atoms with Crippen LogP contribution in [0.25, 0.3) is 0 Å². The molecule has 8 heteroatoms. The van der Waals surface area contributed by atoms with E-state index >= 15 is 0 Å². The predicted molar refractivity (Wildman–Crippen MR) is 168 cm³/mol. The summed E-state index contributed by atoms with van der Waals surface area (Å²) < 4.78 is 39.4. The maximum atomic E-state index is 7.00. The second-order valence-corrected chi connectivity index (χ2v) is 24.6. The Hall–Kier alpha value is -0.586. The fourth-order valence-electron chi connectivity index (χ4n) is 5.14. The summed E-state index contributed by atoms with van der Waals surface area (Å²) in [6.07, 6.45) is 3.95. The Morgan fingerprint density at radius 1 is 0.825 bits per heavy atom. The van der Waals surface area contributed by atoms with Gasteiger partial charge in [0.1, 0.15) is 0 Å². The van der Waals surface area contributed by atoms with Crippen molar-refractivity contribution in [1.82, 2.24) is 0 Å². The van der Waals surface area contributed by atoms with Gasteiger partial charge in [-0.25, -0.2) is 0 Å². The smallest absolute Gasteiger partial charge is 0.192 e. The highest BCUT2D eigenvalue weighted by atomic mass is 28.4. The Balaban J connectivity index is 1.74. The van der Waals surface area contributed by atoms with Crippen LogP contribution in [0, 0.1) is 0 Å². The molecule has 0 saturated carbocycles. The Labute approximate surface area is 247 Å². The molecule has 40 heavy (non-hydrogen) atoms. The lowest BCUT2D eigenvalue weighted by molar-refractivity contribution is -0.343. The van der Waals surface area contributed by atoms with Gasteiger partial charge in [-0.3, -0.25) is 0 Å². The van der Waals surface area contributed by atoms with Gasteiger partial charge in [0.15, 0.2) is 22.4 Å². The van der Waals surface area contributed by atoms with Crippen molar-refractivity contribution in [2.75, 3.05) is 20.3 Å². The topological polar surface area (TPSA) is 55.4 Å². The summed E-state index contributed by atoms with van der Waals surface area (Å²) in [5, 5.41) is 0.314. The van der Waals surface area contributed by atoms with Gasteiger partial charge >= 0.3 is 0 Å². The molecular formula is C32H58O6Si2. The average molecular weight is 595 g/mol. The van der Waals surface area contributed by atoms with Gasteiger partial charge < -0.3 is 27.8 Å². The van der Waals surface area contributed by atoms with Gasteiger partial charge in [-0.05, 0) is 48.2 Å². The first kappa shape index (κ1) is 33.9. The molecule has 2 fully saturated rings. The summed E-state index contributed by atoms with van der Waals surface area (Å²) in [5.74, 6) is -0.743. The Morgan fingerprint density at radius 3 is 2.00 bits per heavy atom. The summed E-state index contributed by atoms with van der Waals surface area (Å²) in [4.78, 5) is 0. The molecule has 5 atom stereocenters. The molecule has 2 aliphatic rings. The molecule has 0 amide bonds. The summed E-state index contributed by atoms with van der Waals surface area (Å²) >= 11 is 0. The van der Waals surface area contributed by atoms with Crippen molar-refractivity contribution in [2.24, 2.45) is 0 Å². The first-order valence-corrected chi connectivity index (χ1v) is 21.1. The van der Waals surface area contributed by atoms with E-state index in [4.69, 9.17) is 27.8 Å². The first-order valence-electron chi connectivity index (χ1n) is 15.3. The molecule has 0 N–H and O–H groups in total. The van der Waals surface area contributed by atoms with Gasteiger partial charge in [0.2, 0.25) is 0 Å². The molecule has 0 aromatic heterocycles. The second-order valence-electron chi connectivity index (χ2n) is 15.0. The molecule has 0 unspecified atom stereocenters. The van der Waals surface area contributed by atoms with Crippen molar-refractivity contribution < 1.29 is 27.8 Å². The predicted octanol–water partition coefficient (Wildman–Crippen LogP) is 8.07. The van der Waals surface area contributed by atoms with Crippen molar-refractivity contribution >= 4 is 16.6 Å². The molecule has 2 heterocycles.